The molecule has 2 aromatic carbocycles. The van der Waals surface area contributed by atoms with Crippen molar-refractivity contribution in [1.29, 1.82) is 0 Å². The highest BCUT2D eigenvalue weighted by Crippen LogP contribution is 2.25. The maximum absolute atomic E-state index is 13.1. The van der Waals surface area contributed by atoms with Gasteiger partial charge in [0.05, 0.1) is 11.0 Å². The summed E-state index contributed by atoms with van der Waals surface area (Å²) in [5.41, 5.74) is 3.00. The molecule has 2 N–H and O–H groups in total. The minimum absolute atomic E-state index is 0.0798. The molecule has 3 aromatic heterocycles. The Labute approximate surface area is 144 Å². The molecule has 10 heteroatoms. The molecule has 126 valence electrons. The van der Waals surface area contributed by atoms with Crippen molar-refractivity contribution in [3.8, 4) is 22.8 Å². The molecular formula is C16H11N9O. The van der Waals surface area contributed by atoms with E-state index < -0.39 is 0 Å². The molecule has 10 nitrogen and oxygen atoms in total. The van der Waals surface area contributed by atoms with Crippen LogP contribution in [0, 0.1) is 0 Å². The van der Waals surface area contributed by atoms with Crippen molar-refractivity contribution in [1.82, 2.24) is 45.8 Å². The summed E-state index contributed by atoms with van der Waals surface area (Å²) in [7, 11) is 1.92. The van der Waals surface area contributed by atoms with Crippen molar-refractivity contribution in [3.05, 3.63) is 46.6 Å². The predicted octanol–water partition coefficient (Wildman–Crippen LogP) is 1.05. The lowest BCUT2D eigenvalue weighted by molar-refractivity contribution is 0.881. The summed E-state index contributed by atoms with van der Waals surface area (Å²) in [5, 5.41) is 29.0. The number of hydrogen-bond acceptors (Lipinski definition) is 7. The van der Waals surface area contributed by atoms with Crippen LogP contribution in [0.15, 0.2) is 41.2 Å². The van der Waals surface area contributed by atoms with Crippen LogP contribution in [0.25, 0.3) is 44.6 Å². The molecule has 26 heavy (non-hydrogen) atoms. The fraction of sp³-hybridized carbons (Fsp3) is 0.0625. The molecule has 0 amide bonds. The molecule has 0 bridgehead atoms. The zero-order valence-corrected chi connectivity index (χ0v) is 13.5. The average molecular weight is 345 g/mol. The van der Waals surface area contributed by atoms with Gasteiger partial charge in [0.25, 0.3) is 0 Å². The van der Waals surface area contributed by atoms with E-state index in [1.165, 1.54) is 0 Å². The van der Waals surface area contributed by atoms with Crippen LogP contribution in [0.2, 0.25) is 0 Å². The second-order valence-corrected chi connectivity index (χ2v) is 5.82. The molecule has 5 aromatic rings. The van der Waals surface area contributed by atoms with Crippen molar-refractivity contribution in [2.24, 2.45) is 7.05 Å². The number of tetrazole rings is 2. The molecule has 0 radical (unpaired) electrons. The molecule has 0 aliphatic rings. The molecule has 0 atom stereocenters. The van der Waals surface area contributed by atoms with Crippen molar-refractivity contribution < 1.29 is 0 Å². The molecule has 0 aliphatic carbocycles. The van der Waals surface area contributed by atoms with Gasteiger partial charge in [0.15, 0.2) is 5.43 Å². The molecule has 0 fully saturated rings. The normalized spacial score (nSPS) is 11.4. The third-order valence-electron chi connectivity index (χ3n) is 4.41. The summed E-state index contributed by atoms with van der Waals surface area (Å²) in [5.74, 6) is 0.879. The van der Waals surface area contributed by atoms with Gasteiger partial charge < -0.3 is 4.57 Å². The summed E-state index contributed by atoms with van der Waals surface area (Å²) in [4.78, 5) is 13.1. The second-order valence-electron chi connectivity index (χ2n) is 5.82. The number of aryl methyl sites for hydroxylation is 1. The van der Waals surface area contributed by atoms with E-state index in [4.69, 9.17) is 0 Å². The minimum atomic E-state index is -0.0798. The zero-order valence-electron chi connectivity index (χ0n) is 13.5. The molecule has 0 aliphatic heterocycles. The first-order valence-corrected chi connectivity index (χ1v) is 7.76. The Morgan fingerprint density at radius 3 is 1.73 bits per heavy atom. The van der Waals surface area contributed by atoms with E-state index in [1.54, 1.807) is 12.1 Å². The van der Waals surface area contributed by atoms with Crippen LogP contribution in [0.3, 0.4) is 0 Å². The molecule has 3 heterocycles. The number of pyridine rings is 1. The van der Waals surface area contributed by atoms with E-state index in [2.05, 4.69) is 41.2 Å². The molecule has 0 spiro atoms. The summed E-state index contributed by atoms with van der Waals surface area (Å²) < 4.78 is 1.98. The molecule has 0 saturated carbocycles. The molecular weight excluding hydrogens is 334 g/mol. The minimum Gasteiger partial charge on any atom is -0.343 e. The summed E-state index contributed by atoms with van der Waals surface area (Å²) in [6.45, 7) is 0. The quantitative estimate of drug-likeness (QED) is 0.457. The number of aromatic amines is 2. The summed E-state index contributed by atoms with van der Waals surface area (Å²) in [6.07, 6.45) is 0. The highest BCUT2D eigenvalue weighted by Gasteiger charge is 2.13. The van der Waals surface area contributed by atoms with E-state index in [1.807, 2.05) is 35.9 Å². The Bertz CT molecular complexity index is 1210. The van der Waals surface area contributed by atoms with E-state index in [0.717, 1.165) is 22.2 Å². The van der Waals surface area contributed by atoms with Crippen LogP contribution in [0.5, 0.6) is 0 Å². The van der Waals surface area contributed by atoms with Gasteiger partial charge in [-0.2, -0.15) is 10.4 Å². The van der Waals surface area contributed by atoms with Gasteiger partial charge in [0.1, 0.15) is 0 Å². The van der Waals surface area contributed by atoms with Crippen LogP contribution in [0.4, 0.5) is 0 Å². The van der Waals surface area contributed by atoms with Crippen molar-refractivity contribution in [3.63, 3.8) is 0 Å². The van der Waals surface area contributed by atoms with Crippen molar-refractivity contribution in [2.45, 2.75) is 0 Å². The largest absolute Gasteiger partial charge is 0.343 e. The fourth-order valence-corrected chi connectivity index (χ4v) is 3.14. The zero-order chi connectivity index (χ0) is 17.7. The first-order chi connectivity index (χ1) is 12.7. The van der Waals surface area contributed by atoms with Gasteiger partial charge in [-0.1, -0.05) is 0 Å². The summed E-state index contributed by atoms with van der Waals surface area (Å²) >= 11 is 0. The van der Waals surface area contributed by atoms with E-state index in [0.29, 0.717) is 22.4 Å². The third-order valence-corrected chi connectivity index (χ3v) is 4.41. The lowest BCUT2D eigenvalue weighted by Gasteiger charge is -2.11. The Morgan fingerprint density at radius 2 is 1.31 bits per heavy atom. The number of aromatic nitrogens is 9. The van der Waals surface area contributed by atoms with Crippen LogP contribution in [-0.2, 0) is 7.05 Å². The maximum Gasteiger partial charge on any atom is 0.204 e. The fourth-order valence-electron chi connectivity index (χ4n) is 3.14. The van der Waals surface area contributed by atoms with Gasteiger partial charge in [-0.05, 0) is 46.8 Å². The second kappa shape index (κ2) is 5.28. The molecule has 5 rings (SSSR count). The number of rotatable bonds is 2. The number of nitrogens with zero attached hydrogens (tertiary/aromatic N) is 7. The predicted molar refractivity (Wildman–Crippen MR) is 93.0 cm³/mol. The van der Waals surface area contributed by atoms with Gasteiger partial charge >= 0.3 is 0 Å². The van der Waals surface area contributed by atoms with Crippen LogP contribution >= 0.6 is 0 Å². The van der Waals surface area contributed by atoms with E-state index >= 15 is 0 Å². The highest BCUT2D eigenvalue weighted by molar-refractivity contribution is 5.96. The van der Waals surface area contributed by atoms with Gasteiger partial charge in [0, 0.05) is 28.9 Å². The Balaban J connectivity index is 1.83. The van der Waals surface area contributed by atoms with Gasteiger partial charge in [-0.3, -0.25) is 4.79 Å². The molecule has 0 unspecified atom stereocenters. The smallest absolute Gasteiger partial charge is 0.204 e. The van der Waals surface area contributed by atoms with Gasteiger partial charge in [0.2, 0.25) is 11.6 Å². The first kappa shape index (κ1) is 14.4. The Kier molecular flexibility index (Phi) is 2.92. The lowest BCUT2D eigenvalue weighted by Crippen LogP contribution is -2.09. The number of H-pyrrole nitrogens is 2. The molecule has 0 saturated heterocycles. The topological polar surface area (TPSA) is 131 Å². The number of benzene rings is 2. The van der Waals surface area contributed by atoms with Crippen LogP contribution < -0.4 is 5.43 Å². The SMILES string of the molecule is Cn1c2ccc(-c3nn[nH]n3)cc2c(=O)c2cc(-c3nn[nH]n3)ccc21. The van der Waals surface area contributed by atoms with Crippen LogP contribution in [-0.4, -0.2) is 45.8 Å². The third kappa shape index (κ3) is 2.02. The van der Waals surface area contributed by atoms with Crippen molar-refractivity contribution >= 4 is 21.8 Å². The van der Waals surface area contributed by atoms with Gasteiger partial charge in [-0.25, -0.2) is 0 Å². The Hall–Kier alpha value is -3.95. The maximum atomic E-state index is 13.1. The number of fused-ring (bicyclic) bond motifs is 2. The van der Waals surface area contributed by atoms with Crippen molar-refractivity contribution in [2.75, 3.05) is 0 Å². The average Bonchev–Trinajstić information content (AvgIpc) is 3.39. The first-order valence-electron chi connectivity index (χ1n) is 7.76. The number of nitrogens with one attached hydrogen (secondary N) is 2. The van der Waals surface area contributed by atoms with Gasteiger partial charge in [-0.15, -0.1) is 20.4 Å². The Morgan fingerprint density at radius 1 is 0.808 bits per heavy atom. The summed E-state index contributed by atoms with van der Waals surface area (Å²) in [6, 6.07) is 11.1. The standard InChI is InChI=1S/C16H11N9O/c1-25-12-4-2-8(15-17-21-22-18-15)6-10(12)14(26)11-7-9(3-5-13(11)25)16-19-23-24-20-16/h2-7H,1H3,(H,17,18,21,22)(H,19,20,23,24). The monoisotopic (exact) mass is 345 g/mol. The number of hydrogen-bond donors (Lipinski definition) is 2. The van der Waals surface area contributed by atoms with E-state index in [9.17, 15) is 4.79 Å². The highest BCUT2D eigenvalue weighted by atomic mass is 16.1. The van der Waals surface area contributed by atoms with E-state index in [-0.39, 0.29) is 5.43 Å². The van der Waals surface area contributed by atoms with Crippen LogP contribution in [0.1, 0.15) is 0 Å². The lowest BCUT2D eigenvalue weighted by atomic mass is 10.0.